The lowest BCUT2D eigenvalue weighted by Crippen LogP contribution is -2.46. The first-order chi connectivity index (χ1) is 8.08. The minimum absolute atomic E-state index is 0.0683. The molecule has 0 spiro atoms. The van der Waals surface area contributed by atoms with Crippen LogP contribution in [-0.2, 0) is 11.8 Å². The van der Waals surface area contributed by atoms with E-state index in [1.54, 1.807) is 13.2 Å². The minimum Gasteiger partial charge on any atom is -0.480 e. The molecule has 1 fully saturated rings. The van der Waals surface area contributed by atoms with Gasteiger partial charge in [0.1, 0.15) is 6.54 Å². The van der Waals surface area contributed by atoms with Gasteiger partial charge in [-0.25, -0.2) is 0 Å². The van der Waals surface area contributed by atoms with E-state index in [-0.39, 0.29) is 18.5 Å². The molecule has 0 aromatic carbocycles. The van der Waals surface area contributed by atoms with E-state index in [2.05, 4.69) is 5.10 Å². The van der Waals surface area contributed by atoms with Crippen LogP contribution in [0.15, 0.2) is 12.4 Å². The van der Waals surface area contributed by atoms with Crippen LogP contribution in [-0.4, -0.2) is 44.3 Å². The predicted molar refractivity (Wildman–Crippen MR) is 59.5 cm³/mol. The molecule has 1 aliphatic rings. The molecule has 0 aliphatic heterocycles. The number of carboxylic acids is 1. The Morgan fingerprint density at radius 1 is 1.59 bits per heavy atom. The molecular formula is C11H15N3O3. The van der Waals surface area contributed by atoms with Gasteiger partial charge in [0.05, 0.1) is 11.8 Å². The van der Waals surface area contributed by atoms with Gasteiger partial charge < -0.3 is 10.0 Å². The monoisotopic (exact) mass is 237 g/mol. The molecule has 0 unspecified atom stereocenters. The third-order valence-corrected chi connectivity index (χ3v) is 3.03. The number of hydrogen-bond acceptors (Lipinski definition) is 3. The highest BCUT2D eigenvalue weighted by Gasteiger charge is 2.31. The first-order valence-corrected chi connectivity index (χ1v) is 5.59. The second-order valence-corrected chi connectivity index (χ2v) is 4.31. The predicted octanol–water partition coefficient (Wildman–Crippen LogP) is 0.499. The summed E-state index contributed by atoms with van der Waals surface area (Å²) in [4.78, 5) is 24.4. The third kappa shape index (κ3) is 2.46. The van der Waals surface area contributed by atoms with Gasteiger partial charge in [0.15, 0.2) is 0 Å². The molecular weight excluding hydrogens is 222 g/mol. The molecule has 6 nitrogen and oxygen atoms in total. The first kappa shape index (κ1) is 11.6. The van der Waals surface area contributed by atoms with E-state index in [1.165, 1.54) is 15.8 Å². The Morgan fingerprint density at radius 3 is 2.71 bits per heavy atom. The molecule has 17 heavy (non-hydrogen) atoms. The Balaban J connectivity index is 2.14. The number of carboxylic acid groups (broad SMARTS) is 1. The molecule has 92 valence electrons. The Bertz CT molecular complexity index is 437. The summed E-state index contributed by atoms with van der Waals surface area (Å²) in [6.07, 6.45) is 5.91. The van der Waals surface area contributed by atoms with Gasteiger partial charge in [-0.3, -0.25) is 14.3 Å². The highest BCUT2D eigenvalue weighted by molar-refractivity contribution is 5.95. The molecule has 1 aromatic rings. The largest absolute Gasteiger partial charge is 0.480 e. The molecule has 6 heteroatoms. The van der Waals surface area contributed by atoms with Crippen LogP contribution in [0.3, 0.4) is 0 Å². The number of aromatic nitrogens is 2. The van der Waals surface area contributed by atoms with Gasteiger partial charge in [0, 0.05) is 19.3 Å². The van der Waals surface area contributed by atoms with Crippen molar-refractivity contribution in [1.29, 1.82) is 0 Å². The van der Waals surface area contributed by atoms with Gasteiger partial charge in [-0.15, -0.1) is 0 Å². The fourth-order valence-electron chi connectivity index (χ4n) is 1.91. The smallest absolute Gasteiger partial charge is 0.323 e. The lowest BCUT2D eigenvalue weighted by atomic mass is 9.91. The number of amides is 1. The Labute approximate surface area is 98.8 Å². The molecule has 1 aliphatic carbocycles. The van der Waals surface area contributed by atoms with Crippen LogP contribution in [0.1, 0.15) is 29.6 Å². The van der Waals surface area contributed by atoms with E-state index in [4.69, 9.17) is 5.11 Å². The average Bonchev–Trinajstić information content (AvgIpc) is 2.59. The van der Waals surface area contributed by atoms with Crippen molar-refractivity contribution in [3.63, 3.8) is 0 Å². The molecule has 1 amide bonds. The molecule has 0 bridgehead atoms. The molecule has 1 saturated carbocycles. The van der Waals surface area contributed by atoms with E-state index in [0.29, 0.717) is 5.56 Å². The zero-order valence-corrected chi connectivity index (χ0v) is 9.67. The number of aliphatic carboxylic acids is 1. The van der Waals surface area contributed by atoms with Gasteiger partial charge in [0.25, 0.3) is 5.91 Å². The van der Waals surface area contributed by atoms with Crippen molar-refractivity contribution in [2.24, 2.45) is 7.05 Å². The fourth-order valence-corrected chi connectivity index (χ4v) is 1.91. The highest BCUT2D eigenvalue weighted by Crippen LogP contribution is 2.25. The summed E-state index contributed by atoms with van der Waals surface area (Å²) < 4.78 is 1.53. The molecule has 1 aromatic heterocycles. The summed E-state index contributed by atoms with van der Waals surface area (Å²) in [5.74, 6) is -1.22. The summed E-state index contributed by atoms with van der Waals surface area (Å²) in [6, 6.07) is 0.0683. The van der Waals surface area contributed by atoms with E-state index in [1.807, 2.05) is 0 Å². The molecule has 1 N–H and O–H groups in total. The maximum absolute atomic E-state index is 12.1. The number of aryl methyl sites for hydroxylation is 1. The number of nitrogens with zero attached hydrogens (tertiary/aromatic N) is 3. The number of hydrogen-bond donors (Lipinski definition) is 1. The maximum atomic E-state index is 12.1. The minimum atomic E-state index is -0.978. The lowest BCUT2D eigenvalue weighted by Gasteiger charge is -2.36. The van der Waals surface area contributed by atoms with Crippen LogP contribution in [0.2, 0.25) is 0 Å². The standard InChI is InChI=1S/C11H15N3O3/c1-13-6-8(5-12-13)11(17)14(7-10(15)16)9-3-2-4-9/h5-6,9H,2-4,7H2,1H3,(H,15,16). The van der Waals surface area contributed by atoms with Gasteiger partial charge in [0.2, 0.25) is 0 Å². The number of carbonyl (C=O) groups is 2. The zero-order chi connectivity index (χ0) is 12.4. The zero-order valence-electron chi connectivity index (χ0n) is 9.67. The Hall–Kier alpha value is -1.85. The van der Waals surface area contributed by atoms with Crippen molar-refractivity contribution >= 4 is 11.9 Å². The number of rotatable bonds is 4. The van der Waals surface area contributed by atoms with Crippen molar-refractivity contribution in [1.82, 2.24) is 14.7 Å². The van der Waals surface area contributed by atoms with Crippen molar-refractivity contribution in [2.75, 3.05) is 6.54 Å². The molecule has 1 heterocycles. The molecule has 0 atom stereocenters. The fraction of sp³-hybridized carbons (Fsp3) is 0.545. The van der Waals surface area contributed by atoms with Crippen LogP contribution in [0.5, 0.6) is 0 Å². The summed E-state index contributed by atoms with van der Waals surface area (Å²) in [5.41, 5.74) is 0.445. The van der Waals surface area contributed by atoms with Crippen molar-refractivity contribution in [2.45, 2.75) is 25.3 Å². The second kappa shape index (κ2) is 4.57. The summed E-state index contributed by atoms with van der Waals surface area (Å²) in [5, 5.41) is 12.8. The van der Waals surface area contributed by atoms with Crippen LogP contribution in [0, 0.1) is 0 Å². The van der Waals surface area contributed by atoms with E-state index in [9.17, 15) is 9.59 Å². The maximum Gasteiger partial charge on any atom is 0.323 e. The summed E-state index contributed by atoms with van der Waals surface area (Å²) in [6.45, 7) is -0.238. The molecule has 0 saturated heterocycles. The quantitative estimate of drug-likeness (QED) is 0.827. The van der Waals surface area contributed by atoms with Gasteiger partial charge in [-0.05, 0) is 19.3 Å². The van der Waals surface area contributed by atoms with Crippen LogP contribution >= 0.6 is 0 Å². The van der Waals surface area contributed by atoms with Crippen molar-refractivity contribution in [3.05, 3.63) is 18.0 Å². The van der Waals surface area contributed by atoms with E-state index < -0.39 is 5.97 Å². The van der Waals surface area contributed by atoms with Gasteiger partial charge >= 0.3 is 5.97 Å². The van der Waals surface area contributed by atoms with Gasteiger partial charge in [-0.1, -0.05) is 0 Å². The highest BCUT2D eigenvalue weighted by atomic mass is 16.4. The topological polar surface area (TPSA) is 75.4 Å². The van der Waals surface area contributed by atoms with E-state index in [0.717, 1.165) is 19.3 Å². The lowest BCUT2D eigenvalue weighted by molar-refractivity contribution is -0.138. The normalized spacial score (nSPS) is 15.4. The van der Waals surface area contributed by atoms with Crippen molar-refractivity contribution < 1.29 is 14.7 Å². The Morgan fingerprint density at radius 2 is 2.29 bits per heavy atom. The van der Waals surface area contributed by atoms with Crippen LogP contribution in [0.25, 0.3) is 0 Å². The molecule has 0 radical (unpaired) electrons. The average molecular weight is 237 g/mol. The number of carbonyl (C=O) groups excluding carboxylic acids is 1. The van der Waals surface area contributed by atoms with Crippen molar-refractivity contribution in [3.8, 4) is 0 Å². The first-order valence-electron chi connectivity index (χ1n) is 5.59. The SMILES string of the molecule is Cn1cc(C(=O)N(CC(=O)O)C2CCC2)cn1. The third-order valence-electron chi connectivity index (χ3n) is 3.03. The summed E-state index contributed by atoms with van der Waals surface area (Å²) >= 11 is 0. The van der Waals surface area contributed by atoms with Crippen LogP contribution < -0.4 is 0 Å². The Kier molecular flexibility index (Phi) is 3.12. The second-order valence-electron chi connectivity index (χ2n) is 4.31. The molecule has 2 rings (SSSR count). The summed E-state index contributed by atoms with van der Waals surface area (Å²) in [7, 11) is 1.72. The van der Waals surface area contributed by atoms with Crippen LogP contribution in [0.4, 0.5) is 0 Å². The van der Waals surface area contributed by atoms with E-state index >= 15 is 0 Å². The van der Waals surface area contributed by atoms with Gasteiger partial charge in [-0.2, -0.15) is 5.10 Å².